The second-order valence-electron chi connectivity index (χ2n) is 7.76. The molecule has 2 aromatic rings. The number of rotatable bonds is 3. The summed E-state index contributed by atoms with van der Waals surface area (Å²) in [6.07, 6.45) is 10.4. The van der Waals surface area contributed by atoms with Gasteiger partial charge in [-0.3, -0.25) is 0 Å². The molecule has 0 aromatic heterocycles. The Labute approximate surface area is 192 Å². The summed E-state index contributed by atoms with van der Waals surface area (Å²) in [5.74, 6) is 0. The zero-order chi connectivity index (χ0) is 17.5. The van der Waals surface area contributed by atoms with Gasteiger partial charge in [0.15, 0.2) is 0 Å². The summed E-state index contributed by atoms with van der Waals surface area (Å²) in [7, 11) is -1.40. The first-order valence-electron chi connectivity index (χ1n) is 8.99. The molecule has 0 bridgehead atoms. The molecule has 0 N–H and O–H groups in total. The third-order valence-electron chi connectivity index (χ3n) is 6.10. The largest absolute Gasteiger partial charge is 4.00 e. The molecular formula is C26H38SiTi. The maximum Gasteiger partial charge on any atom is 4.00 e. The van der Waals surface area contributed by atoms with E-state index in [-0.39, 0.29) is 49.0 Å². The van der Waals surface area contributed by atoms with Gasteiger partial charge in [0.25, 0.3) is 0 Å². The van der Waals surface area contributed by atoms with Gasteiger partial charge in [0, 0.05) is 0 Å². The quantitative estimate of drug-likeness (QED) is 0.423. The molecule has 0 heterocycles. The van der Waals surface area contributed by atoms with E-state index in [2.05, 4.69) is 90.1 Å². The Morgan fingerprint density at radius 3 is 1.93 bits per heavy atom. The van der Waals surface area contributed by atoms with E-state index in [0.29, 0.717) is 0 Å². The van der Waals surface area contributed by atoms with Gasteiger partial charge < -0.3 is 22.3 Å². The maximum atomic E-state index is 2.47. The van der Waals surface area contributed by atoms with Crippen LogP contribution in [0.25, 0.3) is 0 Å². The van der Waals surface area contributed by atoms with Crippen LogP contribution in [0.15, 0.2) is 48.6 Å². The molecule has 2 unspecified atom stereocenters. The summed E-state index contributed by atoms with van der Waals surface area (Å²) in [6, 6.07) is 9.27. The minimum atomic E-state index is -1.40. The number of benzene rings is 1. The normalized spacial score (nSPS) is 18.2. The van der Waals surface area contributed by atoms with Crippen LogP contribution in [0.1, 0.15) is 41.2 Å². The van der Waals surface area contributed by atoms with E-state index in [4.69, 9.17) is 0 Å². The van der Waals surface area contributed by atoms with Gasteiger partial charge >= 0.3 is 21.7 Å². The Hall–Kier alpha value is -1.02. The van der Waals surface area contributed by atoms with Crippen molar-refractivity contribution in [1.29, 1.82) is 0 Å². The summed E-state index contributed by atoms with van der Waals surface area (Å²) in [5, 5.41) is 3.51. The molecule has 0 amide bonds. The molecule has 0 aliphatic heterocycles. The fourth-order valence-electron chi connectivity index (χ4n) is 4.37. The van der Waals surface area contributed by atoms with E-state index >= 15 is 0 Å². The number of allylic oxidation sites excluding steroid dienone is 4. The van der Waals surface area contributed by atoms with E-state index in [1.165, 1.54) is 27.8 Å². The molecule has 2 atom stereocenters. The molecule has 28 heavy (non-hydrogen) atoms. The first kappa shape index (κ1) is 29.2. The molecule has 0 saturated heterocycles. The summed E-state index contributed by atoms with van der Waals surface area (Å²) in [6.45, 7) is 14.0. The number of hydrogen-bond donors (Lipinski definition) is 0. The predicted molar refractivity (Wildman–Crippen MR) is 129 cm³/mol. The number of aryl methyl sites for hydroxylation is 1. The molecule has 2 heteroatoms. The van der Waals surface area contributed by atoms with E-state index in [0.717, 1.165) is 6.42 Å². The van der Waals surface area contributed by atoms with Crippen LogP contribution in [-0.2, 0) is 21.7 Å². The standard InChI is InChI=1S/C23H29Si.3CH3.Ti/c1-16-11-10-12-21(15-16)24(23(6)13-8-7-9-14-23)22-19(4)17(2)18(3)20(22)5;;;;/h7-13,15,24H,14H2,1-6H3;3*1H3;/q4*-1;+4. The Morgan fingerprint density at radius 1 is 0.893 bits per heavy atom. The van der Waals surface area contributed by atoms with Crippen molar-refractivity contribution in [1.82, 2.24) is 0 Å². The molecule has 0 fully saturated rings. The van der Waals surface area contributed by atoms with E-state index in [9.17, 15) is 0 Å². The van der Waals surface area contributed by atoms with Crippen LogP contribution in [0.5, 0.6) is 0 Å². The van der Waals surface area contributed by atoms with Gasteiger partial charge in [0.2, 0.25) is 0 Å². The average Bonchev–Trinajstić information content (AvgIpc) is 2.74. The third-order valence-corrected chi connectivity index (χ3v) is 10.3. The monoisotopic (exact) mass is 426 g/mol. The Bertz CT molecular complexity index is 800. The van der Waals surface area contributed by atoms with Crippen molar-refractivity contribution in [2.45, 2.75) is 53.0 Å². The average molecular weight is 427 g/mol. The second kappa shape index (κ2) is 11.2. The SMILES string of the molecule is Cc1cccc([SiH]([c-]2c(C)c(C)c(C)c2C)C2(C)C=CC=CC2)c1.[CH3-].[CH3-].[CH3-].[Ti+4]. The first-order valence-corrected chi connectivity index (χ1v) is 10.7. The second-order valence-corrected chi connectivity index (χ2v) is 11.2. The van der Waals surface area contributed by atoms with Gasteiger partial charge in [0.1, 0.15) is 0 Å². The van der Waals surface area contributed by atoms with Crippen molar-refractivity contribution >= 4 is 19.2 Å². The molecular weight excluding hydrogens is 388 g/mol. The van der Waals surface area contributed by atoms with Gasteiger partial charge in [-0.15, -0.1) is 0 Å². The fourth-order valence-corrected chi connectivity index (χ4v) is 8.83. The van der Waals surface area contributed by atoms with E-state index in [1.54, 1.807) is 10.4 Å². The topological polar surface area (TPSA) is 0 Å². The van der Waals surface area contributed by atoms with Crippen LogP contribution in [0.4, 0.5) is 0 Å². The van der Waals surface area contributed by atoms with Crippen LogP contribution < -0.4 is 10.4 Å². The molecule has 1 aliphatic carbocycles. The summed E-state index contributed by atoms with van der Waals surface area (Å²) in [5.41, 5.74) is 7.43. The van der Waals surface area contributed by atoms with Crippen molar-refractivity contribution in [3.05, 3.63) is 98.7 Å². The Balaban J connectivity index is 0. The minimum absolute atomic E-state index is 0. The summed E-state index contributed by atoms with van der Waals surface area (Å²) < 4.78 is 0. The van der Waals surface area contributed by atoms with Crippen LogP contribution in [-0.4, -0.2) is 8.80 Å². The van der Waals surface area contributed by atoms with Crippen molar-refractivity contribution in [3.8, 4) is 0 Å². The fraction of sp³-hybridized carbons (Fsp3) is 0.308. The van der Waals surface area contributed by atoms with Crippen LogP contribution in [0.2, 0.25) is 5.04 Å². The van der Waals surface area contributed by atoms with Crippen molar-refractivity contribution in [2.75, 3.05) is 0 Å². The maximum absolute atomic E-state index is 2.47. The summed E-state index contributed by atoms with van der Waals surface area (Å²) >= 11 is 0. The molecule has 0 nitrogen and oxygen atoms in total. The minimum Gasteiger partial charge on any atom is -0.358 e. The third kappa shape index (κ3) is 5.12. The smallest absolute Gasteiger partial charge is 0.358 e. The van der Waals surface area contributed by atoms with Crippen LogP contribution in [0, 0.1) is 56.9 Å². The van der Waals surface area contributed by atoms with Gasteiger partial charge in [0.05, 0.1) is 8.80 Å². The summed E-state index contributed by atoms with van der Waals surface area (Å²) in [4.78, 5) is 0. The predicted octanol–water partition coefficient (Wildman–Crippen LogP) is 5.91. The van der Waals surface area contributed by atoms with E-state index < -0.39 is 8.80 Å². The van der Waals surface area contributed by atoms with E-state index in [1.807, 2.05) is 0 Å². The van der Waals surface area contributed by atoms with Gasteiger partial charge in [-0.05, 0) is 18.4 Å². The van der Waals surface area contributed by atoms with Crippen LogP contribution >= 0.6 is 0 Å². The molecule has 0 radical (unpaired) electrons. The van der Waals surface area contributed by atoms with Crippen molar-refractivity contribution in [2.24, 2.45) is 0 Å². The molecule has 3 rings (SSSR count). The zero-order valence-corrected chi connectivity index (χ0v) is 22.1. The molecule has 150 valence electrons. The van der Waals surface area contributed by atoms with Crippen molar-refractivity contribution < 1.29 is 21.7 Å². The molecule has 1 aliphatic rings. The zero-order valence-electron chi connectivity index (χ0n) is 19.4. The molecule has 2 aromatic carbocycles. The van der Waals surface area contributed by atoms with Crippen LogP contribution in [0.3, 0.4) is 0 Å². The molecule has 0 spiro atoms. The Kier molecular flexibility index (Phi) is 11.7. The van der Waals surface area contributed by atoms with Gasteiger partial charge in [-0.2, -0.15) is 27.4 Å². The van der Waals surface area contributed by atoms with Gasteiger partial charge in [-0.1, -0.05) is 93.9 Å². The first-order chi connectivity index (χ1) is 11.3. The van der Waals surface area contributed by atoms with Gasteiger partial charge in [-0.25, -0.2) is 0 Å². The Morgan fingerprint density at radius 2 is 1.46 bits per heavy atom. The molecule has 0 saturated carbocycles. The van der Waals surface area contributed by atoms with Crippen molar-refractivity contribution in [3.63, 3.8) is 0 Å². The number of hydrogen-bond acceptors (Lipinski definition) is 0.